The highest BCUT2D eigenvalue weighted by molar-refractivity contribution is 7.18. The third-order valence-electron chi connectivity index (χ3n) is 4.58. The highest BCUT2D eigenvalue weighted by Gasteiger charge is 2.26. The van der Waals surface area contributed by atoms with Crippen LogP contribution in [0.5, 0.6) is 0 Å². The number of nitrogens with zero attached hydrogens (tertiary/aromatic N) is 2. The zero-order valence-corrected chi connectivity index (χ0v) is 17.7. The van der Waals surface area contributed by atoms with Gasteiger partial charge in [0.25, 0.3) is 5.91 Å². The van der Waals surface area contributed by atoms with E-state index in [4.69, 9.17) is 0 Å². The van der Waals surface area contributed by atoms with Gasteiger partial charge in [-0.25, -0.2) is 0 Å². The molecule has 0 saturated heterocycles. The maximum Gasteiger partial charge on any atom is 0.252 e. The predicted octanol–water partition coefficient (Wildman–Crippen LogP) is 4.22. The Morgan fingerprint density at radius 2 is 1.66 bits per heavy atom. The lowest BCUT2D eigenvalue weighted by Gasteiger charge is -2.21. The van der Waals surface area contributed by atoms with Gasteiger partial charge in [0, 0.05) is 11.1 Å². The molecule has 0 spiro atoms. The second-order valence-electron chi connectivity index (χ2n) is 7.28. The molecule has 6 nitrogen and oxygen atoms in total. The molecule has 2 N–H and O–H groups in total. The first-order chi connectivity index (χ1) is 13.8. The molecule has 0 bridgehead atoms. The molecule has 3 rings (SSSR count). The molecule has 0 saturated carbocycles. The number of aromatic nitrogens is 2. The minimum absolute atomic E-state index is 0.0903. The molecule has 0 aliphatic rings. The highest BCUT2D eigenvalue weighted by Crippen LogP contribution is 2.26. The van der Waals surface area contributed by atoms with Crippen LogP contribution < -0.4 is 10.6 Å². The van der Waals surface area contributed by atoms with Crippen molar-refractivity contribution in [3.05, 3.63) is 65.2 Å². The van der Waals surface area contributed by atoms with Crippen molar-refractivity contribution in [1.29, 1.82) is 0 Å². The summed E-state index contributed by atoms with van der Waals surface area (Å²) in [6, 6.07) is 14.6. The Morgan fingerprint density at radius 1 is 0.966 bits per heavy atom. The summed E-state index contributed by atoms with van der Waals surface area (Å²) in [5, 5.41) is 15.0. The Bertz CT molecular complexity index is 1010. The molecule has 7 heteroatoms. The lowest BCUT2D eigenvalue weighted by Crippen LogP contribution is -2.47. The van der Waals surface area contributed by atoms with Crippen molar-refractivity contribution in [2.75, 3.05) is 5.32 Å². The van der Waals surface area contributed by atoms with Crippen molar-refractivity contribution in [2.45, 2.75) is 33.7 Å². The molecule has 2 amide bonds. The second kappa shape index (κ2) is 8.96. The van der Waals surface area contributed by atoms with E-state index in [0.29, 0.717) is 10.7 Å². The van der Waals surface area contributed by atoms with Gasteiger partial charge in [-0.1, -0.05) is 73.2 Å². The molecule has 0 unspecified atom stereocenters. The fraction of sp³-hybridized carbons (Fsp3) is 0.273. The molecule has 0 aliphatic heterocycles. The van der Waals surface area contributed by atoms with Crippen LogP contribution in [0, 0.1) is 19.8 Å². The summed E-state index contributed by atoms with van der Waals surface area (Å²) in [5.41, 5.74) is 3.53. The lowest BCUT2D eigenvalue weighted by molar-refractivity contribution is -0.118. The third kappa shape index (κ3) is 5.06. The first kappa shape index (κ1) is 20.7. The van der Waals surface area contributed by atoms with Crippen molar-refractivity contribution in [2.24, 2.45) is 5.92 Å². The number of anilines is 1. The molecule has 0 fully saturated rings. The SMILES string of the molecule is Cc1ccc(-c2nnc(NC(=O)[C@@H](NC(=O)c3ccccc3C)C(C)C)s2)cc1. The summed E-state index contributed by atoms with van der Waals surface area (Å²) in [7, 11) is 0. The van der Waals surface area contributed by atoms with E-state index < -0.39 is 6.04 Å². The van der Waals surface area contributed by atoms with E-state index in [0.717, 1.165) is 21.7 Å². The molecule has 29 heavy (non-hydrogen) atoms. The van der Waals surface area contributed by atoms with E-state index in [1.54, 1.807) is 12.1 Å². The third-order valence-corrected chi connectivity index (χ3v) is 5.47. The van der Waals surface area contributed by atoms with Crippen molar-refractivity contribution in [3.8, 4) is 10.6 Å². The Hall–Kier alpha value is -3.06. The van der Waals surface area contributed by atoms with Crippen LogP contribution in [0.1, 0.15) is 35.3 Å². The molecular weight excluding hydrogens is 384 g/mol. The van der Waals surface area contributed by atoms with E-state index in [9.17, 15) is 9.59 Å². The maximum atomic E-state index is 12.8. The molecule has 1 atom stereocenters. The van der Waals surface area contributed by atoms with E-state index in [-0.39, 0.29) is 17.7 Å². The van der Waals surface area contributed by atoms with Gasteiger partial charge in [0.15, 0.2) is 0 Å². The molecule has 2 aromatic carbocycles. The van der Waals surface area contributed by atoms with E-state index in [1.807, 2.05) is 64.1 Å². The number of rotatable bonds is 6. The first-order valence-electron chi connectivity index (χ1n) is 9.43. The van der Waals surface area contributed by atoms with Gasteiger partial charge in [-0.05, 0) is 31.4 Å². The smallest absolute Gasteiger partial charge is 0.252 e. The number of nitrogens with one attached hydrogen (secondary N) is 2. The molecule has 0 aliphatic carbocycles. The average molecular weight is 409 g/mol. The predicted molar refractivity (Wildman–Crippen MR) is 116 cm³/mol. The van der Waals surface area contributed by atoms with Gasteiger partial charge in [-0.2, -0.15) is 0 Å². The van der Waals surface area contributed by atoms with Gasteiger partial charge in [0.2, 0.25) is 11.0 Å². The molecule has 1 aromatic heterocycles. The Morgan fingerprint density at radius 3 is 2.31 bits per heavy atom. The van der Waals surface area contributed by atoms with Crippen LogP contribution in [0.3, 0.4) is 0 Å². The number of benzene rings is 2. The fourth-order valence-corrected chi connectivity index (χ4v) is 3.60. The summed E-state index contributed by atoms with van der Waals surface area (Å²) >= 11 is 1.30. The lowest BCUT2D eigenvalue weighted by atomic mass is 10.0. The zero-order chi connectivity index (χ0) is 21.0. The van der Waals surface area contributed by atoms with E-state index in [2.05, 4.69) is 20.8 Å². The number of aryl methyl sites for hydroxylation is 2. The molecular formula is C22H24N4O2S. The van der Waals surface area contributed by atoms with Gasteiger partial charge in [0.05, 0.1) is 0 Å². The quantitative estimate of drug-likeness (QED) is 0.640. The topological polar surface area (TPSA) is 84.0 Å². The van der Waals surface area contributed by atoms with Crippen LogP contribution in [0.4, 0.5) is 5.13 Å². The summed E-state index contributed by atoms with van der Waals surface area (Å²) in [5.74, 6) is -0.671. The zero-order valence-electron chi connectivity index (χ0n) is 16.9. The van der Waals surface area contributed by atoms with Gasteiger partial charge < -0.3 is 5.32 Å². The van der Waals surface area contributed by atoms with E-state index >= 15 is 0 Å². The second-order valence-corrected chi connectivity index (χ2v) is 8.26. The Balaban J connectivity index is 1.71. The highest BCUT2D eigenvalue weighted by atomic mass is 32.1. The van der Waals surface area contributed by atoms with Crippen molar-refractivity contribution < 1.29 is 9.59 Å². The minimum atomic E-state index is -0.686. The van der Waals surface area contributed by atoms with Crippen molar-refractivity contribution in [1.82, 2.24) is 15.5 Å². The van der Waals surface area contributed by atoms with Crippen LogP contribution in [-0.2, 0) is 4.79 Å². The standard InChI is InChI=1S/C22H24N4O2S/c1-13(2)18(23-19(27)17-8-6-5-7-15(17)4)20(28)24-22-26-25-21(29-22)16-11-9-14(3)10-12-16/h5-13,18H,1-4H3,(H,23,27)(H,24,26,28)/t18-/m0/s1. The largest absolute Gasteiger partial charge is 0.340 e. The van der Waals surface area contributed by atoms with Crippen LogP contribution >= 0.6 is 11.3 Å². The van der Waals surface area contributed by atoms with Crippen LogP contribution in [0.25, 0.3) is 10.6 Å². The average Bonchev–Trinajstić information content (AvgIpc) is 3.14. The Kier molecular flexibility index (Phi) is 6.39. The van der Waals surface area contributed by atoms with Crippen LogP contribution in [-0.4, -0.2) is 28.1 Å². The van der Waals surface area contributed by atoms with Gasteiger partial charge in [-0.3, -0.25) is 14.9 Å². The molecule has 150 valence electrons. The maximum absolute atomic E-state index is 12.8. The van der Waals surface area contributed by atoms with Crippen molar-refractivity contribution in [3.63, 3.8) is 0 Å². The Labute approximate surface area is 174 Å². The molecule has 1 heterocycles. The van der Waals surface area contributed by atoms with Crippen molar-refractivity contribution >= 4 is 28.3 Å². The van der Waals surface area contributed by atoms with Gasteiger partial charge >= 0.3 is 0 Å². The van der Waals surface area contributed by atoms with E-state index in [1.165, 1.54) is 11.3 Å². The monoisotopic (exact) mass is 408 g/mol. The fourth-order valence-electron chi connectivity index (χ4n) is 2.85. The number of hydrogen-bond acceptors (Lipinski definition) is 5. The normalized spacial score (nSPS) is 11.9. The van der Waals surface area contributed by atoms with Gasteiger partial charge in [0.1, 0.15) is 11.0 Å². The van der Waals surface area contributed by atoms with Crippen LogP contribution in [0.15, 0.2) is 48.5 Å². The first-order valence-corrected chi connectivity index (χ1v) is 10.2. The minimum Gasteiger partial charge on any atom is -0.340 e. The summed E-state index contributed by atoms with van der Waals surface area (Å²) in [6.07, 6.45) is 0. The summed E-state index contributed by atoms with van der Waals surface area (Å²) < 4.78 is 0. The summed E-state index contributed by atoms with van der Waals surface area (Å²) in [6.45, 7) is 7.67. The van der Waals surface area contributed by atoms with Gasteiger partial charge in [-0.15, -0.1) is 10.2 Å². The number of carbonyl (C=O) groups excluding carboxylic acids is 2. The molecule has 0 radical (unpaired) electrons. The van der Waals surface area contributed by atoms with Crippen LogP contribution in [0.2, 0.25) is 0 Å². The number of amides is 2. The number of hydrogen-bond donors (Lipinski definition) is 2. The summed E-state index contributed by atoms with van der Waals surface area (Å²) in [4.78, 5) is 25.4. The number of carbonyl (C=O) groups is 2. The molecule has 3 aromatic rings.